The van der Waals surface area contributed by atoms with Gasteiger partial charge in [-0.3, -0.25) is 0 Å². The molecule has 3 aromatic rings. The van der Waals surface area contributed by atoms with Crippen LogP contribution in [-0.2, 0) is 25.7 Å². The van der Waals surface area contributed by atoms with Gasteiger partial charge >= 0.3 is 6.18 Å². The third kappa shape index (κ3) is 3.90. The molecule has 12 heteroatoms. The molecule has 172 valence electrons. The number of halogens is 3. The van der Waals surface area contributed by atoms with Crippen molar-refractivity contribution >= 4 is 33.3 Å². The van der Waals surface area contributed by atoms with E-state index in [4.69, 9.17) is 9.97 Å². The molecule has 0 bridgehead atoms. The Morgan fingerprint density at radius 3 is 2.59 bits per heavy atom. The van der Waals surface area contributed by atoms with Crippen molar-refractivity contribution in [3.05, 3.63) is 22.6 Å². The molecule has 5 rings (SSSR count). The van der Waals surface area contributed by atoms with Crippen LogP contribution in [-0.4, -0.2) is 55.6 Å². The Morgan fingerprint density at radius 1 is 1.09 bits per heavy atom. The molecule has 0 unspecified atom stereocenters. The lowest BCUT2D eigenvalue weighted by Gasteiger charge is -2.32. The van der Waals surface area contributed by atoms with E-state index in [9.17, 15) is 18.3 Å². The number of hydrogen-bond donors (Lipinski definition) is 1. The summed E-state index contributed by atoms with van der Waals surface area (Å²) in [6, 6.07) is 2.10. The number of aromatic nitrogens is 5. The normalized spacial score (nSPS) is 17.9. The molecule has 2 aliphatic rings. The number of fused-ring (bicyclic) bond motifs is 2. The lowest BCUT2D eigenvalue weighted by Crippen LogP contribution is -2.38. The number of aryl methyl sites for hydroxylation is 1. The summed E-state index contributed by atoms with van der Waals surface area (Å²) in [5.74, 6) is 0.653. The van der Waals surface area contributed by atoms with Crippen molar-refractivity contribution in [3.63, 3.8) is 0 Å². The van der Waals surface area contributed by atoms with Gasteiger partial charge in [0, 0.05) is 31.1 Å². The van der Waals surface area contributed by atoms with Gasteiger partial charge in [-0.1, -0.05) is 13.3 Å². The van der Waals surface area contributed by atoms with Crippen molar-refractivity contribution in [1.29, 1.82) is 0 Å². The summed E-state index contributed by atoms with van der Waals surface area (Å²) >= 11 is 1.64. The summed E-state index contributed by atoms with van der Waals surface area (Å²) < 4.78 is 40.8. The molecule has 2 aliphatic heterocycles. The zero-order valence-corrected chi connectivity index (χ0v) is 18.5. The van der Waals surface area contributed by atoms with Crippen LogP contribution in [0.4, 0.5) is 24.9 Å². The second-order valence-electron chi connectivity index (χ2n) is 8.26. The van der Waals surface area contributed by atoms with E-state index >= 15 is 0 Å². The smallest absolute Gasteiger partial charge is 0.393 e. The molecule has 8 nitrogen and oxygen atoms in total. The van der Waals surface area contributed by atoms with Crippen LogP contribution < -0.4 is 9.80 Å². The van der Waals surface area contributed by atoms with Gasteiger partial charge in [0.25, 0.3) is 0 Å². The van der Waals surface area contributed by atoms with Gasteiger partial charge in [0.2, 0.25) is 11.8 Å². The monoisotopic (exact) mass is 467 g/mol. The number of thiophene rings is 1. The van der Waals surface area contributed by atoms with Crippen LogP contribution in [0, 0.1) is 0 Å². The number of piperidine rings is 1. The molecule has 1 saturated heterocycles. The number of hydrogen-bond acceptors (Lipinski definition) is 8. The Labute approximate surface area is 186 Å². The van der Waals surface area contributed by atoms with Crippen LogP contribution >= 0.6 is 11.3 Å². The van der Waals surface area contributed by atoms with E-state index in [1.165, 1.54) is 4.88 Å². The molecule has 0 amide bonds. The van der Waals surface area contributed by atoms with Gasteiger partial charge in [0.1, 0.15) is 10.6 Å². The molecule has 0 aliphatic carbocycles. The van der Waals surface area contributed by atoms with Crippen molar-refractivity contribution in [2.45, 2.75) is 58.0 Å². The van der Waals surface area contributed by atoms with Gasteiger partial charge in [-0.05, 0) is 25.3 Å². The lowest BCUT2D eigenvalue weighted by molar-refractivity contribution is -0.147. The predicted octanol–water partition coefficient (Wildman–Crippen LogP) is 3.24. The van der Waals surface area contributed by atoms with E-state index in [-0.39, 0.29) is 25.0 Å². The first kappa shape index (κ1) is 21.4. The highest BCUT2D eigenvalue weighted by Gasteiger charge is 2.39. The van der Waals surface area contributed by atoms with Crippen LogP contribution in [0.3, 0.4) is 0 Å². The quantitative estimate of drug-likeness (QED) is 0.631. The van der Waals surface area contributed by atoms with Crippen LogP contribution in [0.2, 0.25) is 0 Å². The van der Waals surface area contributed by atoms with Crippen molar-refractivity contribution in [2.24, 2.45) is 0 Å². The third-order valence-electron chi connectivity index (χ3n) is 5.96. The minimum Gasteiger partial charge on any atom is -0.393 e. The number of alkyl halides is 3. The second-order valence-corrected chi connectivity index (χ2v) is 9.37. The minimum atomic E-state index is -4.52. The number of nitrogens with zero attached hydrogens (tertiary/aromatic N) is 7. The molecule has 1 N–H and O–H groups in total. The topological polar surface area (TPSA) is 83.2 Å². The van der Waals surface area contributed by atoms with Crippen molar-refractivity contribution in [2.75, 3.05) is 29.4 Å². The molecule has 0 radical (unpaired) electrons. The Hall–Kier alpha value is -2.47. The molecule has 5 heterocycles. The summed E-state index contributed by atoms with van der Waals surface area (Å²) in [6.07, 6.45) is -1.55. The Bertz CT molecular complexity index is 1120. The number of aliphatic hydroxyl groups excluding tert-OH is 1. The van der Waals surface area contributed by atoms with E-state index in [1.807, 2.05) is 4.90 Å². The summed E-state index contributed by atoms with van der Waals surface area (Å²) in [5.41, 5.74) is 0. The zero-order valence-electron chi connectivity index (χ0n) is 17.6. The van der Waals surface area contributed by atoms with E-state index in [2.05, 4.69) is 28.1 Å². The fraction of sp³-hybridized carbons (Fsp3) is 0.600. The van der Waals surface area contributed by atoms with Crippen molar-refractivity contribution in [1.82, 2.24) is 24.7 Å². The largest absolute Gasteiger partial charge is 0.451 e. The van der Waals surface area contributed by atoms with Gasteiger partial charge in [-0.25, -0.2) is 4.98 Å². The first-order chi connectivity index (χ1) is 15.3. The molecule has 0 saturated carbocycles. The maximum Gasteiger partial charge on any atom is 0.451 e. The van der Waals surface area contributed by atoms with Crippen LogP contribution in [0.15, 0.2) is 6.07 Å². The molecular formula is C20H24F3N7OS. The van der Waals surface area contributed by atoms with Crippen LogP contribution in [0.5, 0.6) is 0 Å². The standard InChI is InChI=1S/C20H24F3N7OS/c1-2-3-13-10-14-16(24-19(25-17(14)32-13)28-6-4-12(31)5-7-28)29-8-9-30-15(11-29)26-27-18(30)20(21,22)23/h10,12,31H,2-9,11H2,1H3. The third-order valence-corrected chi connectivity index (χ3v) is 7.05. The number of aliphatic hydroxyl groups is 1. The van der Waals surface area contributed by atoms with Crippen LogP contribution in [0.1, 0.15) is 42.7 Å². The van der Waals surface area contributed by atoms with Crippen LogP contribution in [0.25, 0.3) is 10.2 Å². The average molecular weight is 468 g/mol. The van der Waals surface area contributed by atoms with Gasteiger partial charge in [-0.2, -0.15) is 18.2 Å². The maximum atomic E-state index is 13.2. The van der Waals surface area contributed by atoms with Gasteiger partial charge in [-0.15, -0.1) is 21.5 Å². The molecular weight excluding hydrogens is 443 g/mol. The molecule has 0 atom stereocenters. The van der Waals surface area contributed by atoms with Crippen molar-refractivity contribution < 1.29 is 18.3 Å². The number of anilines is 2. The second kappa shape index (κ2) is 8.14. The summed E-state index contributed by atoms with van der Waals surface area (Å²) in [7, 11) is 0. The molecule has 3 aromatic heterocycles. The summed E-state index contributed by atoms with van der Waals surface area (Å²) in [6.45, 7) is 4.17. The first-order valence-corrected chi connectivity index (χ1v) is 11.6. The Kier molecular flexibility index (Phi) is 5.44. The maximum absolute atomic E-state index is 13.2. The summed E-state index contributed by atoms with van der Waals surface area (Å²) in [5, 5.41) is 18.0. The molecule has 1 fully saturated rings. The fourth-order valence-electron chi connectivity index (χ4n) is 4.31. The van der Waals surface area contributed by atoms with Gasteiger partial charge < -0.3 is 19.5 Å². The highest BCUT2D eigenvalue weighted by Crippen LogP contribution is 2.36. The fourth-order valence-corrected chi connectivity index (χ4v) is 5.43. The average Bonchev–Trinajstić information content (AvgIpc) is 3.36. The molecule has 32 heavy (non-hydrogen) atoms. The minimum absolute atomic E-state index is 0.139. The predicted molar refractivity (Wildman–Crippen MR) is 115 cm³/mol. The molecule has 0 aromatic carbocycles. The highest BCUT2D eigenvalue weighted by atomic mass is 32.1. The van der Waals surface area contributed by atoms with Crippen molar-refractivity contribution in [3.8, 4) is 0 Å². The highest BCUT2D eigenvalue weighted by molar-refractivity contribution is 7.18. The zero-order chi connectivity index (χ0) is 22.5. The number of rotatable bonds is 4. The van der Waals surface area contributed by atoms with E-state index in [0.29, 0.717) is 38.4 Å². The first-order valence-electron chi connectivity index (χ1n) is 10.8. The van der Waals surface area contributed by atoms with Gasteiger partial charge in [0.05, 0.1) is 18.0 Å². The van der Waals surface area contributed by atoms with E-state index in [0.717, 1.165) is 33.4 Å². The lowest BCUT2D eigenvalue weighted by atomic mass is 10.1. The van der Waals surface area contributed by atoms with Gasteiger partial charge in [0.15, 0.2) is 5.82 Å². The SMILES string of the molecule is CCCc1cc2c(N3CCn4c(nnc4C(F)(F)F)C3)nc(N3CCC(O)CC3)nc2s1. The van der Waals surface area contributed by atoms with E-state index in [1.54, 1.807) is 11.3 Å². The Morgan fingerprint density at radius 2 is 1.88 bits per heavy atom. The van der Waals surface area contributed by atoms with E-state index < -0.39 is 12.0 Å². The molecule has 0 spiro atoms. The Balaban J connectivity index is 1.52. The summed E-state index contributed by atoms with van der Waals surface area (Å²) in [4.78, 5) is 15.8.